The van der Waals surface area contributed by atoms with Crippen molar-refractivity contribution in [2.45, 2.75) is 33.2 Å². The molecular formula is C18H22N2O3S. The molecule has 128 valence electrons. The van der Waals surface area contributed by atoms with Crippen LogP contribution in [0.5, 0.6) is 0 Å². The topological polar surface area (TPSA) is 59.5 Å². The van der Waals surface area contributed by atoms with Gasteiger partial charge in [-0.05, 0) is 30.5 Å². The molecule has 1 aromatic carbocycles. The van der Waals surface area contributed by atoms with E-state index in [0.717, 1.165) is 17.8 Å². The molecule has 0 aliphatic rings. The van der Waals surface area contributed by atoms with E-state index in [0.29, 0.717) is 18.7 Å². The molecule has 0 N–H and O–H groups in total. The lowest BCUT2D eigenvalue weighted by Gasteiger charge is -2.21. The van der Waals surface area contributed by atoms with Crippen LogP contribution in [0.4, 0.5) is 0 Å². The van der Waals surface area contributed by atoms with E-state index < -0.39 is 5.97 Å². The molecule has 0 fully saturated rings. The highest BCUT2D eigenvalue weighted by molar-refractivity contribution is 7.09. The van der Waals surface area contributed by atoms with Crippen LogP contribution < -0.4 is 0 Å². The van der Waals surface area contributed by atoms with Crippen molar-refractivity contribution in [1.82, 2.24) is 9.88 Å². The van der Waals surface area contributed by atoms with E-state index in [2.05, 4.69) is 16.6 Å². The predicted octanol–water partition coefficient (Wildman–Crippen LogP) is 3.54. The molecule has 1 heterocycles. The normalized spacial score (nSPS) is 10.5. The Hall–Kier alpha value is -2.21. The number of rotatable bonds is 7. The van der Waals surface area contributed by atoms with Crippen LogP contribution in [0.3, 0.4) is 0 Å². The van der Waals surface area contributed by atoms with Crippen LogP contribution in [0.15, 0.2) is 29.6 Å². The number of hydrogen-bond acceptors (Lipinski definition) is 5. The number of nitrogens with zero attached hydrogens (tertiary/aromatic N) is 2. The first-order valence-electron chi connectivity index (χ1n) is 8.00. The van der Waals surface area contributed by atoms with Gasteiger partial charge in [0.05, 0.1) is 13.7 Å². The van der Waals surface area contributed by atoms with Crippen LogP contribution >= 0.6 is 11.3 Å². The maximum atomic E-state index is 12.7. The van der Waals surface area contributed by atoms with Gasteiger partial charge in [0.25, 0.3) is 5.91 Å². The van der Waals surface area contributed by atoms with E-state index in [1.54, 1.807) is 10.3 Å². The molecule has 0 aliphatic heterocycles. The quantitative estimate of drug-likeness (QED) is 0.720. The Labute approximate surface area is 146 Å². The molecular weight excluding hydrogens is 324 g/mol. The van der Waals surface area contributed by atoms with Crippen LogP contribution in [0, 0.1) is 0 Å². The third kappa shape index (κ3) is 4.41. The van der Waals surface area contributed by atoms with Gasteiger partial charge in [0.2, 0.25) is 0 Å². The van der Waals surface area contributed by atoms with Crippen molar-refractivity contribution in [3.63, 3.8) is 0 Å². The monoisotopic (exact) mass is 346 g/mol. The summed E-state index contributed by atoms with van der Waals surface area (Å²) in [5.74, 6) is -0.477. The van der Waals surface area contributed by atoms with Crippen LogP contribution in [-0.4, -0.2) is 35.4 Å². The first-order valence-corrected chi connectivity index (χ1v) is 8.87. The van der Waals surface area contributed by atoms with E-state index in [-0.39, 0.29) is 11.6 Å². The number of esters is 1. The van der Waals surface area contributed by atoms with Crippen molar-refractivity contribution in [3.05, 3.63) is 51.5 Å². The van der Waals surface area contributed by atoms with Gasteiger partial charge in [-0.1, -0.05) is 26.0 Å². The summed E-state index contributed by atoms with van der Waals surface area (Å²) in [7, 11) is 1.33. The molecule has 0 atom stereocenters. The number of aryl methyl sites for hydroxylation is 1. The molecule has 24 heavy (non-hydrogen) atoms. The number of carbonyl (C=O) groups excluding carboxylic acids is 2. The molecule has 1 amide bonds. The average molecular weight is 346 g/mol. The van der Waals surface area contributed by atoms with Crippen molar-refractivity contribution < 1.29 is 14.3 Å². The van der Waals surface area contributed by atoms with Crippen molar-refractivity contribution in [2.24, 2.45) is 0 Å². The molecule has 0 unspecified atom stereocenters. The Kier molecular flexibility index (Phi) is 6.49. The van der Waals surface area contributed by atoms with Crippen molar-refractivity contribution in [2.75, 3.05) is 13.7 Å². The average Bonchev–Trinajstić information content (AvgIpc) is 3.08. The second-order valence-electron chi connectivity index (χ2n) is 5.40. The molecule has 1 aromatic heterocycles. The summed E-state index contributed by atoms with van der Waals surface area (Å²) in [5.41, 5.74) is 2.16. The number of carbonyl (C=O) groups is 2. The number of aromatic nitrogens is 1. The first-order chi connectivity index (χ1) is 11.6. The summed E-state index contributed by atoms with van der Waals surface area (Å²) in [6, 6.07) is 7.70. The second-order valence-corrected chi connectivity index (χ2v) is 6.34. The summed E-state index contributed by atoms with van der Waals surface area (Å²) in [6.07, 6.45) is 1.80. The van der Waals surface area contributed by atoms with E-state index in [9.17, 15) is 9.59 Å². The first kappa shape index (κ1) is 18.1. The Bertz CT molecular complexity index is 695. The molecule has 0 saturated heterocycles. The van der Waals surface area contributed by atoms with Crippen molar-refractivity contribution in [1.29, 1.82) is 0 Å². The minimum atomic E-state index is -0.457. The van der Waals surface area contributed by atoms with Crippen LogP contribution in [0.1, 0.15) is 51.7 Å². The standard InChI is InChI=1S/C18H22N2O3S/c1-4-10-20(11-16-19-15(12-24-16)18(22)23-3)17(21)14-8-6-13(5-2)7-9-14/h6-9,12H,4-5,10-11H2,1-3H3. The minimum absolute atomic E-state index is 0.0191. The lowest BCUT2D eigenvalue weighted by molar-refractivity contribution is 0.0594. The zero-order valence-electron chi connectivity index (χ0n) is 14.2. The molecule has 5 nitrogen and oxygen atoms in total. The lowest BCUT2D eigenvalue weighted by atomic mass is 10.1. The number of ether oxygens (including phenoxy) is 1. The van der Waals surface area contributed by atoms with E-state index in [1.165, 1.54) is 24.0 Å². The van der Waals surface area contributed by atoms with Gasteiger partial charge >= 0.3 is 5.97 Å². The van der Waals surface area contributed by atoms with Gasteiger partial charge in [-0.15, -0.1) is 11.3 Å². The van der Waals surface area contributed by atoms with Gasteiger partial charge < -0.3 is 9.64 Å². The Balaban J connectivity index is 2.14. The van der Waals surface area contributed by atoms with Crippen molar-refractivity contribution >= 4 is 23.2 Å². The second kappa shape index (κ2) is 8.59. The molecule has 2 aromatic rings. The van der Waals surface area contributed by atoms with E-state index in [4.69, 9.17) is 0 Å². The zero-order valence-corrected chi connectivity index (χ0v) is 15.1. The molecule has 0 radical (unpaired) electrons. The third-order valence-corrected chi connectivity index (χ3v) is 4.50. The molecule has 0 saturated carbocycles. The number of amides is 1. The fourth-order valence-corrected chi connectivity index (χ4v) is 3.11. The lowest BCUT2D eigenvalue weighted by Crippen LogP contribution is -2.31. The number of methoxy groups -OCH3 is 1. The largest absolute Gasteiger partial charge is 0.464 e. The summed E-state index contributed by atoms with van der Waals surface area (Å²) >= 11 is 1.36. The summed E-state index contributed by atoms with van der Waals surface area (Å²) in [6.45, 7) is 5.15. The zero-order chi connectivity index (χ0) is 17.5. The van der Waals surface area contributed by atoms with Gasteiger partial charge in [0, 0.05) is 17.5 Å². The van der Waals surface area contributed by atoms with Gasteiger partial charge in [0.1, 0.15) is 5.01 Å². The van der Waals surface area contributed by atoms with Gasteiger partial charge in [-0.25, -0.2) is 9.78 Å². The summed E-state index contributed by atoms with van der Waals surface area (Å²) in [4.78, 5) is 30.3. The maximum absolute atomic E-state index is 12.7. The van der Waals surface area contributed by atoms with Crippen LogP contribution in [-0.2, 0) is 17.7 Å². The van der Waals surface area contributed by atoms with Gasteiger partial charge in [-0.2, -0.15) is 0 Å². The maximum Gasteiger partial charge on any atom is 0.357 e. The fraction of sp³-hybridized carbons (Fsp3) is 0.389. The highest BCUT2D eigenvalue weighted by Gasteiger charge is 2.18. The van der Waals surface area contributed by atoms with E-state index in [1.807, 2.05) is 31.2 Å². The fourth-order valence-electron chi connectivity index (χ4n) is 2.33. The predicted molar refractivity (Wildman–Crippen MR) is 94.3 cm³/mol. The van der Waals surface area contributed by atoms with Gasteiger partial charge in [-0.3, -0.25) is 4.79 Å². The van der Waals surface area contributed by atoms with Crippen LogP contribution in [0.2, 0.25) is 0 Å². The third-order valence-electron chi connectivity index (χ3n) is 3.66. The van der Waals surface area contributed by atoms with E-state index >= 15 is 0 Å². The Morgan fingerprint density at radius 3 is 2.50 bits per heavy atom. The number of hydrogen-bond donors (Lipinski definition) is 0. The highest BCUT2D eigenvalue weighted by atomic mass is 32.1. The molecule has 0 bridgehead atoms. The van der Waals surface area contributed by atoms with Gasteiger partial charge in [0.15, 0.2) is 5.69 Å². The Morgan fingerprint density at radius 1 is 1.21 bits per heavy atom. The minimum Gasteiger partial charge on any atom is -0.464 e. The SMILES string of the molecule is CCCN(Cc1nc(C(=O)OC)cs1)C(=O)c1ccc(CC)cc1. The van der Waals surface area contributed by atoms with Crippen molar-refractivity contribution in [3.8, 4) is 0 Å². The summed E-state index contributed by atoms with van der Waals surface area (Å²) < 4.78 is 4.67. The Morgan fingerprint density at radius 2 is 1.92 bits per heavy atom. The molecule has 2 rings (SSSR count). The number of thiazole rings is 1. The molecule has 0 aliphatic carbocycles. The molecule has 6 heteroatoms. The highest BCUT2D eigenvalue weighted by Crippen LogP contribution is 2.16. The molecule has 0 spiro atoms. The summed E-state index contributed by atoms with van der Waals surface area (Å²) in [5, 5.41) is 2.38. The van der Waals surface area contributed by atoms with Crippen LogP contribution in [0.25, 0.3) is 0 Å². The number of benzene rings is 1. The smallest absolute Gasteiger partial charge is 0.357 e.